The Hall–Kier alpha value is -5.22. The Morgan fingerprint density at radius 3 is 2.35 bits per heavy atom. The number of carbonyl (C=O) groups excluding carboxylic acids is 2. The molecule has 3 N–H and O–H groups in total. The van der Waals surface area contributed by atoms with Gasteiger partial charge in [0, 0.05) is 110 Å². The topological polar surface area (TPSA) is 154 Å². The van der Waals surface area contributed by atoms with Gasteiger partial charge in [0.1, 0.15) is 36.1 Å². The van der Waals surface area contributed by atoms with Crippen LogP contribution < -0.4 is 35.6 Å². The van der Waals surface area contributed by atoms with Gasteiger partial charge in [-0.15, -0.1) is 0 Å². The summed E-state index contributed by atoms with van der Waals surface area (Å²) in [4.78, 5) is 45.2. The SMILES string of the molecule is CCc1cc(Nc2ncc(Br)c(Nc3ccc4nc(C)ccc4c3P(C)(C)=O)n2)c(OC)cc1N1CCC(N2CCN(CCCOc3cc(F)c(C4CCC(=O)NC4=O)c(F)c3)CC2)CC1. The molecule has 8 rings (SSSR count). The summed E-state index contributed by atoms with van der Waals surface area (Å²) in [7, 11) is -1.07. The van der Waals surface area contributed by atoms with Crippen LogP contribution in [0.5, 0.6) is 11.5 Å². The second-order valence-electron chi connectivity index (χ2n) is 17.6. The number of piperidine rings is 2. The monoisotopic (exact) mass is 987 g/mol. The second kappa shape index (κ2) is 20.3. The average Bonchev–Trinajstić information content (AvgIpc) is 3.29. The van der Waals surface area contributed by atoms with Gasteiger partial charge in [0.15, 0.2) is 0 Å². The van der Waals surface area contributed by atoms with Crippen molar-refractivity contribution in [2.45, 2.75) is 64.3 Å². The standard InChI is InChI=1S/C48H57BrF2N9O5P/c1-6-30-24-40(55-48-52-28-35(49)46(57-48)54-39-12-11-38-33(9-8-29(2)53-38)45(39)66(4,5)63)42(64-3)27-41(30)60-17-14-31(15-18-60)59-21-19-58(20-22-59)16-7-23-65-32-25-36(50)44(37(51)26-32)34-10-13-43(61)56-47(34)62/h8-9,11-12,24-28,31,34H,6-7,10,13-23H2,1-5H3,(H,56,61,62)(H2,52,54,55,57). The first kappa shape index (κ1) is 47.3. The van der Waals surface area contributed by atoms with E-state index in [0.29, 0.717) is 46.7 Å². The number of carbonyl (C=O) groups is 2. The van der Waals surface area contributed by atoms with Gasteiger partial charge in [-0.1, -0.05) is 13.0 Å². The van der Waals surface area contributed by atoms with Gasteiger partial charge in [0.05, 0.1) is 41.0 Å². The number of nitrogens with one attached hydrogen (secondary N) is 3. The lowest BCUT2D eigenvalue weighted by Gasteiger charge is -2.43. The Kier molecular flexibility index (Phi) is 14.6. The van der Waals surface area contributed by atoms with Gasteiger partial charge in [-0.05, 0) is 98.1 Å². The van der Waals surface area contributed by atoms with Crippen molar-refractivity contribution in [2.24, 2.45) is 0 Å². The predicted octanol–water partition coefficient (Wildman–Crippen LogP) is 8.26. The Morgan fingerprint density at radius 2 is 1.67 bits per heavy atom. The Balaban J connectivity index is 0.833. The van der Waals surface area contributed by atoms with Crippen LogP contribution in [0.2, 0.25) is 0 Å². The fourth-order valence-electron chi connectivity index (χ4n) is 9.44. The van der Waals surface area contributed by atoms with Crippen molar-refractivity contribution in [3.63, 3.8) is 0 Å². The van der Waals surface area contributed by atoms with Crippen molar-refractivity contribution in [1.82, 2.24) is 30.1 Å². The first-order valence-electron chi connectivity index (χ1n) is 22.6. The fourth-order valence-corrected chi connectivity index (χ4v) is 11.2. The van der Waals surface area contributed by atoms with Crippen molar-refractivity contribution < 1.29 is 32.4 Å². The third-order valence-corrected chi connectivity index (χ3v) is 14.9. The molecule has 2 amide bonds. The molecule has 0 bridgehead atoms. The molecule has 0 radical (unpaired) electrons. The minimum atomic E-state index is -2.74. The number of aryl methyl sites for hydroxylation is 2. The summed E-state index contributed by atoms with van der Waals surface area (Å²) >= 11 is 3.61. The zero-order chi connectivity index (χ0) is 46.7. The minimum absolute atomic E-state index is 0.0407. The van der Waals surface area contributed by atoms with Crippen molar-refractivity contribution in [2.75, 3.05) is 88.4 Å². The summed E-state index contributed by atoms with van der Waals surface area (Å²) in [6, 6.07) is 14.7. The molecule has 1 atom stereocenters. The highest BCUT2D eigenvalue weighted by Gasteiger charge is 2.33. The molecule has 5 aromatic rings. The summed E-state index contributed by atoms with van der Waals surface area (Å²) in [5.41, 5.74) is 5.17. The molecule has 0 aliphatic carbocycles. The lowest BCUT2D eigenvalue weighted by Crippen LogP contribution is -2.53. The molecule has 2 aromatic heterocycles. The summed E-state index contributed by atoms with van der Waals surface area (Å²) < 4.78 is 55.8. The van der Waals surface area contributed by atoms with Crippen LogP contribution in [0.3, 0.4) is 0 Å². The quantitative estimate of drug-likeness (QED) is 0.0525. The Bertz CT molecular complexity index is 2650. The van der Waals surface area contributed by atoms with Crippen LogP contribution in [-0.4, -0.2) is 115 Å². The van der Waals surface area contributed by atoms with Crippen LogP contribution in [0.25, 0.3) is 10.9 Å². The normalized spacial score (nSPS) is 17.8. The number of nitrogens with zero attached hydrogens (tertiary/aromatic N) is 6. The molecule has 0 spiro atoms. The summed E-state index contributed by atoms with van der Waals surface area (Å²) in [5.74, 6) is -2.17. The zero-order valence-corrected chi connectivity index (χ0v) is 40.5. The third-order valence-electron chi connectivity index (χ3n) is 12.8. The van der Waals surface area contributed by atoms with Gasteiger partial charge in [-0.25, -0.2) is 13.8 Å². The number of aromatic nitrogens is 3. The second-order valence-corrected chi connectivity index (χ2v) is 21.6. The lowest BCUT2D eigenvalue weighted by atomic mass is 9.89. The van der Waals surface area contributed by atoms with E-state index in [0.717, 1.165) is 110 Å². The molecular weight excluding hydrogens is 931 g/mol. The molecule has 66 heavy (non-hydrogen) atoms. The van der Waals surface area contributed by atoms with Crippen LogP contribution in [-0.2, 0) is 20.6 Å². The lowest BCUT2D eigenvalue weighted by molar-refractivity contribution is -0.134. The van der Waals surface area contributed by atoms with E-state index in [4.69, 9.17) is 14.5 Å². The highest BCUT2D eigenvalue weighted by atomic mass is 79.9. The number of hydrogen-bond donors (Lipinski definition) is 3. The smallest absolute Gasteiger partial charge is 0.234 e. The van der Waals surface area contributed by atoms with E-state index < -0.39 is 36.5 Å². The number of pyridine rings is 1. The molecule has 14 nitrogen and oxygen atoms in total. The summed E-state index contributed by atoms with van der Waals surface area (Å²) in [6.07, 6.45) is 5.44. The van der Waals surface area contributed by atoms with Crippen LogP contribution in [0.4, 0.5) is 37.6 Å². The van der Waals surface area contributed by atoms with Gasteiger partial charge in [0.25, 0.3) is 0 Å². The van der Waals surface area contributed by atoms with E-state index in [1.54, 1.807) is 26.6 Å². The van der Waals surface area contributed by atoms with Gasteiger partial charge >= 0.3 is 0 Å². The largest absolute Gasteiger partial charge is 0.494 e. The number of benzene rings is 3. The summed E-state index contributed by atoms with van der Waals surface area (Å²) in [6.45, 7) is 14.5. The number of hydrogen-bond acceptors (Lipinski definition) is 13. The number of methoxy groups -OCH3 is 1. The molecule has 350 valence electrons. The molecule has 1 unspecified atom stereocenters. The molecule has 3 fully saturated rings. The van der Waals surface area contributed by atoms with E-state index >= 15 is 0 Å². The first-order chi connectivity index (χ1) is 31.7. The van der Waals surface area contributed by atoms with Crippen molar-refractivity contribution >= 4 is 79.9 Å². The first-order valence-corrected chi connectivity index (χ1v) is 26.0. The fraction of sp³-hybridized carbons (Fsp3) is 0.438. The number of rotatable bonds is 15. The molecule has 5 heterocycles. The average molecular weight is 989 g/mol. The predicted molar refractivity (Wildman–Crippen MR) is 259 cm³/mol. The van der Waals surface area contributed by atoms with E-state index in [2.05, 4.69) is 75.6 Å². The molecule has 0 saturated carbocycles. The number of ether oxygens (including phenoxy) is 2. The van der Waals surface area contributed by atoms with E-state index in [1.165, 1.54) is 5.56 Å². The minimum Gasteiger partial charge on any atom is -0.494 e. The number of piperazine rings is 1. The van der Waals surface area contributed by atoms with Crippen LogP contribution in [0, 0.1) is 18.6 Å². The molecule has 3 aromatic carbocycles. The summed E-state index contributed by atoms with van der Waals surface area (Å²) in [5, 5.41) is 10.5. The maximum atomic E-state index is 14.9. The van der Waals surface area contributed by atoms with Crippen LogP contribution in [0.15, 0.2) is 59.2 Å². The number of fused-ring (bicyclic) bond motifs is 1. The highest BCUT2D eigenvalue weighted by Crippen LogP contribution is 2.42. The van der Waals surface area contributed by atoms with Crippen molar-refractivity contribution in [3.05, 3.63) is 87.7 Å². The van der Waals surface area contributed by atoms with Crippen molar-refractivity contribution in [3.8, 4) is 11.5 Å². The Morgan fingerprint density at radius 1 is 0.924 bits per heavy atom. The molecule has 18 heteroatoms. The molecular formula is C48H57BrF2N9O5P. The van der Waals surface area contributed by atoms with E-state index in [9.17, 15) is 22.9 Å². The van der Waals surface area contributed by atoms with Gasteiger partial charge in [0.2, 0.25) is 17.8 Å². The van der Waals surface area contributed by atoms with E-state index in [-0.39, 0.29) is 24.2 Å². The number of amides is 2. The van der Waals surface area contributed by atoms with E-state index in [1.807, 2.05) is 31.2 Å². The maximum absolute atomic E-state index is 14.9. The van der Waals surface area contributed by atoms with Gasteiger partial charge < -0.3 is 34.5 Å². The van der Waals surface area contributed by atoms with Gasteiger partial charge in [-0.2, -0.15) is 4.98 Å². The van der Waals surface area contributed by atoms with Gasteiger partial charge in [-0.3, -0.25) is 24.8 Å². The molecule has 3 saturated heterocycles. The highest BCUT2D eigenvalue weighted by molar-refractivity contribution is 9.10. The van der Waals surface area contributed by atoms with Crippen LogP contribution in [0.1, 0.15) is 61.8 Å². The molecule has 3 aliphatic rings. The Labute approximate surface area is 392 Å². The number of imide groups is 1. The maximum Gasteiger partial charge on any atom is 0.234 e. The number of anilines is 5. The number of halogens is 3. The van der Waals surface area contributed by atoms with Crippen LogP contribution >= 0.6 is 23.1 Å². The third kappa shape index (κ3) is 10.6. The molecule has 3 aliphatic heterocycles. The zero-order valence-electron chi connectivity index (χ0n) is 38.1. The van der Waals surface area contributed by atoms with Crippen molar-refractivity contribution in [1.29, 1.82) is 0 Å².